The van der Waals surface area contributed by atoms with E-state index in [1.807, 2.05) is 18.0 Å². The Bertz CT molecular complexity index is 541. The molecule has 2 aromatic rings. The number of anilines is 1. The Morgan fingerprint density at radius 1 is 1.40 bits per heavy atom. The monoisotopic (exact) mass is 293 g/mol. The van der Waals surface area contributed by atoms with Crippen molar-refractivity contribution < 1.29 is 4.39 Å². The van der Waals surface area contributed by atoms with Crippen molar-refractivity contribution in [1.82, 2.24) is 10.3 Å². The summed E-state index contributed by atoms with van der Waals surface area (Å²) in [7, 11) is 1.98. The zero-order chi connectivity index (χ0) is 14.4. The molecule has 1 N–H and O–H groups in total. The van der Waals surface area contributed by atoms with Gasteiger partial charge in [-0.3, -0.25) is 0 Å². The van der Waals surface area contributed by atoms with Crippen LogP contribution in [0.15, 0.2) is 29.6 Å². The highest BCUT2D eigenvalue weighted by atomic mass is 32.1. The molecule has 20 heavy (non-hydrogen) atoms. The molecule has 0 amide bonds. The van der Waals surface area contributed by atoms with Crippen LogP contribution >= 0.6 is 11.3 Å². The summed E-state index contributed by atoms with van der Waals surface area (Å²) in [6.45, 7) is 4.61. The Kier molecular flexibility index (Phi) is 5.49. The molecule has 1 heterocycles. The number of rotatable bonds is 7. The van der Waals surface area contributed by atoms with E-state index in [0.717, 1.165) is 35.9 Å². The molecule has 0 bridgehead atoms. The third-order valence-electron chi connectivity index (χ3n) is 2.91. The first-order valence-corrected chi connectivity index (χ1v) is 7.67. The van der Waals surface area contributed by atoms with Crippen LogP contribution in [0.4, 0.5) is 9.52 Å². The van der Waals surface area contributed by atoms with Crippen molar-refractivity contribution in [3.8, 4) is 0 Å². The number of thiazole rings is 1. The van der Waals surface area contributed by atoms with E-state index in [9.17, 15) is 4.39 Å². The Morgan fingerprint density at radius 2 is 2.25 bits per heavy atom. The van der Waals surface area contributed by atoms with Crippen LogP contribution in [0.25, 0.3) is 0 Å². The highest BCUT2D eigenvalue weighted by molar-refractivity contribution is 7.13. The first kappa shape index (κ1) is 14.9. The van der Waals surface area contributed by atoms with E-state index in [2.05, 4.69) is 22.6 Å². The quantitative estimate of drug-likeness (QED) is 0.793. The molecule has 1 aromatic carbocycles. The Balaban J connectivity index is 1.93. The van der Waals surface area contributed by atoms with E-state index in [-0.39, 0.29) is 5.82 Å². The van der Waals surface area contributed by atoms with Crippen LogP contribution in [-0.2, 0) is 13.1 Å². The van der Waals surface area contributed by atoms with Gasteiger partial charge in [0.05, 0.1) is 5.69 Å². The number of aromatic nitrogens is 1. The van der Waals surface area contributed by atoms with Crippen molar-refractivity contribution in [2.45, 2.75) is 26.4 Å². The number of halogens is 1. The summed E-state index contributed by atoms with van der Waals surface area (Å²) in [6, 6.07) is 6.69. The second-order valence-corrected chi connectivity index (χ2v) is 5.62. The topological polar surface area (TPSA) is 28.2 Å². The Labute approximate surface area is 123 Å². The van der Waals surface area contributed by atoms with Crippen molar-refractivity contribution in [1.29, 1.82) is 0 Å². The molecule has 0 aliphatic heterocycles. The maximum absolute atomic E-state index is 13.2. The highest BCUT2D eigenvalue weighted by Gasteiger charge is 2.08. The van der Waals surface area contributed by atoms with Gasteiger partial charge in [0.2, 0.25) is 0 Å². The number of benzene rings is 1. The summed E-state index contributed by atoms with van der Waals surface area (Å²) < 4.78 is 13.2. The van der Waals surface area contributed by atoms with E-state index in [0.29, 0.717) is 6.54 Å². The molecule has 0 unspecified atom stereocenters. The molecule has 0 aliphatic rings. The normalized spacial score (nSPS) is 10.8. The summed E-state index contributed by atoms with van der Waals surface area (Å²) in [4.78, 5) is 6.63. The van der Waals surface area contributed by atoms with E-state index >= 15 is 0 Å². The highest BCUT2D eigenvalue weighted by Crippen LogP contribution is 2.21. The molecule has 0 spiro atoms. The fourth-order valence-corrected chi connectivity index (χ4v) is 2.71. The second-order valence-electron chi connectivity index (χ2n) is 4.78. The van der Waals surface area contributed by atoms with Gasteiger partial charge >= 0.3 is 0 Å². The Hall–Kier alpha value is -1.46. The zero-order valence-electron chi connectivity index (χ0n) is 11.9. The summed E-state index contributed by atoms with van der Waals surface area (Å²) in [5, 5.41) is 6.37. The van der Waals surface area contributed by atoms with Crippen molar-refractivity contribution in [2.75, 3.05) is 18.5 Å². The van der Waals surface area contributed by atoms with Gasteiger partial charge in [-0.05, 0) is 30.7 Å². The predicted molar refractivity (Wildman–Crippen MR) is 82.6 cm³/mol. The fourth-order valence-electron chi connectivity index (χ4n) is 1.92. The lowest BCUT2D eigenvalue weighted by Gasteiger charge is -2.15. The van der Waals surface area contributed by atoms with Gasteiger partial charge < -0.3 is 10.2 Å². The molecule has 0 fully saturated rings. The molecule has 108 valence electrons. The van der Waals surface area contributed by atoms with Crippen LogP contribution in [-0.4, -0.2) is 18.6 Å². The third-order valence-corrected chi connectivity index (χ3v) is 3.91. The van der Waals surface area contributed by atoms with Crippen molar-refractivity contribution in [3.63, 3.8) is 0 Å². The average Bonchev–Trinajstić information content (AvgIpc) is 2.88. The first-order valence-electron chi connectivity index (χ1n) is 6.79. The minimum Gasteiger partial charge on any atom is -0.347 e. The molecular formula is C15H20FN3S. The summed E-state index contributed by atoms with van der Waals surface area (Å²) in [5.74, 6) is -0.195. The SMILES string of the molecule is CCCNCc1csc(N(C)Cc2cccc(F)c2)n1. The molecule has 3 nitrogen and oxygen atoms in total. The molecule has 1 aromatic heterocycles. The van der Waals surface area contributed by atoms with E-state index in [1.165, 1.54) is 6.07 Å². The number of hydrogen-bond acceptors (Lipinski definition) is 4. The molecule has 0 saturated carbocycles. The maximum Gasteiger partial charge on any atom is 0.185 e. The van der Waals surface area contributed by atoms with Crippen molar-refractivity contribution in [2.24, 2.45) is 0 Å². The van der Waals surface area contributed by atoms with Gasteiger partial charge in [0, 0.05) is 25.5 Å². The standard InChI is InChI=1S/C15H20FN3S/c1-3-7-17-9-14-11-20-15(18-14)19(2)10-12-5-4-6-13(16)8-12/h4-6,8,11,17H,3,7,9-10H2,1-2H3. The molecule has 5 heteroatoms. The lowest BCUT2D eigenvalue weighted by molar-refractivity contribution is 0.625. The molecule has 0 saturated heterocycles. The molecule has 0 aliphatic carbocycles. The summed E-state index contributed by atoms with van der Waals surface area (Å²) in [5.41, 5.74) is 2.01. The smallest absolute Gasteiger partial charge is 0.185 e. The Morgan fingerprint density at radius 3 is 3.00 bits per heavy atom. The van der Waals surface area contributed by atoms with Crippen molar-refractivity contribution >= 4 is 16.5 Å². The molecule has 0 atom stereocenters. The van der Waals surface area contributed by atoms with E-state index < -0.39 is 0 Å². The maximum atomic E-state index is 13.2. The first-order chi connectivity index (χ1) is 9.69. The van der Waals surface area contributed by atoms with Crippen LogP contribution in [0.1, 0.15) is 24.6 Å². The van der Waals surface area contributed by atoms with Gasteiger partial charge in [-0.15, -0.1) is 11.3 Å². The van der Waals surface area contributed by atoms with E-state index in [1.54, 1.807) is 23.5 Å². The third kappa shape index (κ3) is 4.28. The van der Waals surface area contributed by atoms with Crippen molar-refractivity contribution in [3.05, 3.63) is 46.7 Å². The summed E-state index contributed by atoms with van der Waals surface area (Å²) >= 11 is 1.62. The predicted octanol–water partition coefficient (Wildman–Crippen LogP) is 3.42. The van der Waals surface area contributed by atoms with Gasteiger partial charge in [0.15, 0.2) is 5.13 Å². The van der Waals surface area contributed by atoms with Gasteiger partial charge in [-0.1, -0.05) is 19.1 Å². The number of nitrogens with zero attached hydrogens (tertiary/aromatic N) is 2. The minimum atomic E-state index is -0.195. The average molecular weight is 293 g/mol. The van der Waals surface area contributed by atoms with E-state index in [4.69, 9.17) is 0 Å². The lowest BCUT2D eigenvalue weighted by Crippen LogP contribution is -2.17. The van der Waals surface area contributed by atoms with Crippen LogP contribution in [0.2, 0.25) is 0 Å². The number of hydrogen-bond donors (Lipinski definition) is 1. The number of nitrogens with one attached hydrogen (secondary N) is 1. The van der Waals surface area contributed by atoms with Gasteiger partial charge in [0.25, 0.3) is 0 Å². The van der Waals surface area contributed by atoms with Gasteiger partial charge in [0.1, 0.15) is 5.82 Å². The van der Waals surface area contributed by atoms with Crippen LogP contribution in [0.5, 0.6) is 0 Å². The van der Waals surface area contributed by atoms with Gasteiger partial charge in [-0.2, -0.15) is 0 Å². The zero-order valence-corrected chi connectivity index (χ0v) is 12.7. The van der Waals surface area contributed by atoms with Crippen LogP contribution < -0.4 is 10.2 Å². The molecular weight excluding hydrogens is 273 g/mol. The minimum absolute atomic E-state index is 0.195. The summed E-state index contributed by atoms with van der Waals surface area (Å²) in [6.07, 6.45) is 1.12. The molecule has 2 rings (SSSR count). The van der Waals surface area contributed by atoms with Crippen LogP contribution in [0, 0.1) is 5.82 Å². The fraction of sp³-hybridized carbons (Fsp3) is 0.400. The largest absolute Gasteiger partial charge is 0.347 e. The van der Waals surface area contributed by atoms with Crippen LogP contribution in [0.3, 0.4) is 0 Å². The molecule has 0 radical (unpaired) electrons. The second kappa shape index (κ2) is 7.36. The van der Waals surface area contributed by atoms with Gasteiger partial charge in [-0.25, -0.2) is 9.37 Å². The lowest BCUT2D eigenvalue weighted by atomic mass is 10.2.